The molecule has 0 atom stereocenters. The van der Waals surface area contributed by atoms with Crippen molar-refractivity contribution in [3.05, 3.63) is 54.0 Å². The average molecular weight is 349 g/mol. The van der Waals surface area contributed by atoms with Crippen molar-refractivity contribution in [3.63, 3.8) is 0 Å². The zero-order valence-electron chi connectivity index (χ0n) is 14.5. The van der Waals surface area contributed by atoms with Gasteiger partial charge in [0.15, 0.2) is 0 Å². The third-order valence-electron chi connectivity index (χ3n) is 4.58. The van der Waals surface area contributed by atoms with Crippen molar-refractivity contribution in [2.24, 2.45) is 0 Å². The van der Waals surface area contributed by atoms with E-state index < -0.39 is 0 Å². The third kappa shape index (κ3) is 2.88. The van der Waals surface area contributed by atoms with Crippen molar-refractivity contribution < 1.29 is 4.39 Å². The zero-order chi connectivity index (χ0) is 18.1. The number of hydrogen-bond acceptors (Lipinski definition) is 4. The Hall–Kier alpha value is -2.99. The highest BCUT2D eigenvalue weighted by atomic mass is 19.1. The predicted octanol–water partition coefficient (Wildman–Crippen LogP) is 3.65. The number of benzene rings is 2. The van der Waals surface area contributed by atoms with Crippen LogP contribution in [0.25, 0.3) is 33.3 Å². The summed E-state index contributed by atoms with van der Waals surface area (Å²) < 4.78 is 14.2. The Morgan fingerprint density at radius 1 is 1.19 bits per heavy atom. The summed E-state index contributed by atoms with van der Waals surface area (Å²) in [6.45, 7) is 0.983. The Morgan fingerprint density at radius 2 is 2.08 bits per heavy atom. The highest BCUT2D eigenvalue weighted by Gasteiger charge is 2.14. The molecule has 5 nitrogen and oxygen atoms in total. The number of nitrogens with two attached hydrogens (primary N) is 1. The molecule has 0 aliphatic rings. The first-order chi connectivity index (χ1) is 12.7. The number of aromatic amines is 1. The fourth-order valence-corrected chi connectivity index (χ4v) is 3.22. The van der Waals surface area contributed by atoms with Crippen LogP contribution < -0.4 is 11.1 Å². The van der Waals surface area contributed by atoms with Crippen molar-refractivity contribution >= 4 is 27.6 Å². The fraction of sp³-hybridized carbons (Fsp3) is 0.200. The molecule has 4 aromatic rings. The molecule has 0 spiro atoms. The van der Waals surface area contributed by atoms with Crippen molar-refractivity contribution in [2.45, 2.75) is 12.8 Å². The van der Waals surface area contributed by atoms with E-state index in [0.29, 0.717) is 28.0 Å². The lowest BCUT2D eigenvalue weighted by atomic mass is 10.1. The van der Waals surface area contributed by atoms with Gasteiger partial charge >= 0.3 is 0 Å². The first-order valence-electron chi connectivity index (χ1n) is 8.63. The smallest absolute Gasteiger partial charge is 0.142 e. The van der Waals surface area contributed by atoms with E-state index in [1.165, 1.54) is 11.6 Å². The van der Waals surface area contributed by atoms with E-state index in [0.717, 1.165) is 30.4 Å². The van der Waals surface area contributed by atoms with Crippen molar-refractivity contribution in [1.82, 2.24) is 20.3 Å². The summed E-state index contributed by atoms with van der Waals surface area (Å²) >= 11 is 0. The summed E-state index contributed by atoms with van der Waals surface area (Å²) in [7, 11) is 1.95. The third-order valence-corrected chi connectivity index (χ3v) is 4.58. The Kier molecular flexibility index (Phi) is 4.26. The lowest BCUT2D eigenvalue weighted by Crippen LogP contribution is -2.08. The second-order valence-electron chi connectivity index (χ2n) is 6.36. The van der Waals surface area contributed by atoms with Crippen LogP contribution in [0, 0.1) is 5.82 Å². The lowest BCUT2D eigenvalue weighted by Gasteiger charge is -2.07. The van der Waals surface area contributed by atoms with Gasteiger partial charge < -0.3 is 16.0 Å². The second kappa shape index (κ2) is 6.72. The number of rotatable bonds is 5. The molecule has 0 aliphatic carbocycles. The van der Waals surface area contributed by atoms with Gasteiger partial charge in [-0.3, -0.25) is 4.98 Å². The average Bonchev–Trinajstić information content (AvgIpc) is 3.05. The molecule has 0 amide bonds. The van der Waals surface area contributed by atoms with Gasteiger partial charge in [-0.15, -0.1) is 0 Å². The van der Waals surface area contributed by atoms with Crippen LogP contribution in [-0.2, 0) is 6.42 Å². The Morgan fingerprint density at radius 3 is 2.92 bits per heavy atom. The van der Waals surface area contributed by atoms with Gasteiger partial charge in [0.1, 0.15) is 11.6 Å². The maximum absolute atomic E-state index is 14.2. The highest BCUT2D eigenvalue weighted by Crippen LogP contribution is 2.32. The number of imidazole rings is 1. The minimum Gasteiger partial charge on any atom is -0.397 e. The van der Waals surface area contributed by atoms with Crippen LogP contribution in [0.5, 0.6) is 0 Å². The van der Waals surface area contributed by atoms with Crippen LogP contribution in [0.3, 0.4) is 0 Å². The Balaban J connectivity index is 1.76. The zero-order valence-corrected chi connectivity index (χ0v) is 14.5. The topological polar surface area (TPSA) is 79.6 Å². The van der Waals surface area contributed by atoms with Crippen LogP contribution in [0.15, 0.2) is 42.6 Å². The van der Waals surface area contributed by atoms with Crippen molar-refractivity contribution in [2.75, 3.05) is 19.3 Å². The maximum atomic E-state index is 14.2. The van der Waals surface area contributed by atoms with E-state index in [1.54, 1.807) is 18.3 Å². The summed E-state index contributed by atoms with van der Waals surface area (Å²) in [6, 6.07) is 10.9. The summed E-state index contributed by atoms with van der Waals surface area (Å²) in [6.07, 6.45) is 3.71. The second-order valence-corrected chi connectivity index (χ2v) is 6.36. The Labute approximate surface area is 150 Å². The van der Waals surface area contributed by atoms with Crippen LogP contribution >= 0.6 is 0 Å². The number of nitrogen functional groups attached to an aromatic ring is 1. The molecule has 132 valence electrons. The molecule has 0 fully saturated rings. The minimum absolute atomic E-state index is 0.332. The molecular weight excluding hydrogens is 329 g/mol. The van der Waals surface area contributed by atoms with Crippen LogP contribution in [0.4, 0.5) is 10.1 Å². The number of aryl methyl sites for hydroxylation is 1. The minimum atomic E-state index is -0.378. The molecule has 0 saturated heterocycles. The molecule has 4 rings (SSSR count). The largest absolute Gasteiger partial charge is 0.397 e. The van der Waals surface area contributed by atoms with Crippen molar-refractivity contribution in [3.8, 4) is 11.4 Å². The van der Waals surface area contributed by atoms with Gasteiger partial charge in [0, 0.05) is 6.20 Å². The van der Waals surface area contributed by atoms with E-state index in [-0.39, 0.29) is 5.82 Å². The van der Waals surface area contributed by atoms with Crippen LogP contribution in [0.2, 0.25) is 0 Å². The first kappa shape index (κ1) is 16.5. The number of fused-ring (bicyclic) bond motifs is 2. The molecule has 2 heterocycles. The summed E-state index contributed by atoms with van der Waals surface area (Å²) in [4.78, 5) is 12.2. The predicted molar refractivity (Wildman–Crippen MR) is 103 cm³/mol. The van der Waals surface area contributed by atoms with Gasteiger partial charge in [-0.25, -0.2) is 9.37 Å². The van der Waals surface area contributed by atoms with Gasteiger partial charge in [-0.05, 0) is 56.3 Å². The number of aromatic nitrogens is 3. The number of halogens is 1. The Bertz CT molecular complexity index is 1090. The number of hydrogen-bond donors (Lipinski definition) is 3. The summed E-state index contributed by atoms with van der Waals surface area (Å²) in [5.74, 6) is 0.222. The monoisotopic (exact) mass is 349 g/mol. The number of nitrogens with zero attached hydrogens (tertiary/aromatic N) is 2. The SMILES string of the molecule is CNCCCc1ccc2nc(-c3cnc4cccc(F)c4c3N)[nH]c2c1. The fourth-order valence-electron chi connectivity index (χ4n) is 3.22. The van der Waals surface area contributed by atoms with Gasteiger partial charge in [-0.1, -0.05) is 12.1 Å². The van der Waals surface area contributed by atoms with Gasteiger partial charge in [0.25, 0.3) is 0 Å². The highest BCUT2D eigenvalue weighted by molar-refractivity contribution is 5.98. The maximum Gasteiger partial charge on any atom is 0.142 e. The van der Waals surface area contributed by atoms with E-state index in [4.69, 9.17) is 5.73 Å². The molecule has 4 N–H and O–H groups in total. The number of nitrogens with one attached hydrogen (secondary N) is 2. The lowest BCUT2D eigenvalue weighted by molar-refractivity contribution is 0.640. The van der Waals surface area contributed by atoms with Crippen molar-refractivity contribution in [1.29, 1.82) is 0 Å². The van der Waals surface area contributed by atoms with E-state index >= 15 is 0 Å². The number of pyridine rings is 1. The summed E-state index contributed by atoms with van der Waals surface area (Å²) in [5.41, 5.74) is 10.8. The molecule has 0 bridgehead atoms. The van der Waals surface area contributed by atoms with E-state index in [1.807, 2.05) is 13.1 Å². The normalized spacial score (nSPS) is 11.5. The van der Waals surface area contributed by atoms with Gasteiger partial charge in [-0.2, -0.15) is 0 Å². The molecule has 2 aromatic heterocycles. The molecule has 0 saturated carbocycles. The van der Waals surface area contributed by atoms with Gasteiger partial charge in [0.2, 0.25) is 0 Å². The molecular formula is C20H20FN5. The molecule has 0 radical (unpaired) electrons. The summed E-state index contributed by atoms with van der Waals surface area (Å²) in [5, 5.41) is 3.49. The molecule has 0 unspecified atom stereocenters. The van der Waals surface area contributed by atoms with Crippen LogP contribution in [-0.4, -0.2) is 28.5 Å². The number of H-pyrrole nitrogens is 1. The first-order valence-corrected chi connectivity index (χ1v) is 8.63. The quantitative estimate of drug-likeness (QED) is 0.481. The molecule has 0 aliphatic heterocycles. The number of anilines is 1. The molecule has 26 heavy (non-hydrogen) atoms. The van der Waals surface area contributed by atoms with Gasteiger partial charge in [0.05, 0.1) is 33.2 Å². The standard InChI is InChI=1S/C20H20FN5/c1-23-9-3-4-12-7-8-15-17(10-12)26-20(25-15)13-11-24-16-6-2-5-14(21)18(16)19(13)22/h2,5-8,10-11,23H,3-4,9H2,1H3,(H2,22,24)(H,25,26). The molecule has 2 aromatic carbocycles. The molecule has 6 heteroatoms. The van der Waals surface area contributed by atoms with E-state index in [2.05, 4.69) is 32.4 Å². The van der Waals surface area contributed by atoms with Crippen LogP contribution in [0.1, 0.15) is 12.0 Å². The van der Waals surface area contributed by atoms with E-state index in [9.17, 15) is 4.39 Å².